The van der Waals surface area contributed by atoms with E-state index in [2.05, 4.69) is 17.2 Å². The minimum absolute atomic E-state index is 0. The van der Waals surface area contributed by atoms with E-state index in [9.17, 15) is 0 Å². The lowest BCUT2D eigenvalue weighted by Gasteiger charge is -2.30. The molecule has 2 unspecified atom stereocenters. The molecule has 1 aliphatic heterocycles. The first kappa shape index (κ1) is 16.2. The van der Waals surface area contributed by atoms with Crippen LogP contribution in [0.3, 0.4) is 0 Å². The molecule has 0 aromatic heterocycles. The van der Waals surface area contributed by atoms with E-state index >= 15 is 0 Å². The Morgan fingerprint density at radius 2 is 2.00 bits per heavy atom. The van der Waals surface area contributed by atoms with E-state index < -0.39 is 0 Å². The van der Waals surface area contributed by atoms with E-state index in [1.807, 2.05) is 18.2 Å². The van der Waals surface area contributed by atoms with Crippen molar-refractivity contribution in [3.05, 3.63) is 18.2 Å². The Labute approximate surface area is 142 Å². The van der Waals surface area contributed by atoms with Gasteiger partial charge in [-0.25, -0.2) is 4.99 Å². The maximum Gasteiger partial charge on any atom is 0.193 e. The van der Waals surface area contributed by atoms with Crippen LogP contribution in [-0.4, -0.2) is 25.2 Å². The van der Waals surface area contributed by atoms with Crippen LogP contribution in [0.1, 0.15) is 26.2 Å². The standard InChI is InChI=1S/C15H21N3O2.HI/c1-10-3-5-12(10)18-15(16)17-11-4-6-13-14(9-11)20-8-2-7-19-13;/h4,6,9-10,12H,2-3,5,7-8H2,1H3,(H3,16,17,18);1H. The summed E-state index contributed by atoms with van der Waals surface area (Å²) in [4.78, 5) is 4.50. The van der Waals surface area contributed by atoms with Crippen molar-refractivity contribution in [2.45, 2.75) is 32.2 Å². The zero-order valence-electron chi connectivity index (χ0n) is 12.2. The van der Waals surface area contributed by atoms with Gasteiger partial charge in [0.25, 0.3) is 0 Å². The first-order valence-electron chi connectivity index (χ1n) is 7.22. The predicted octanol–water partition coefficient (Wildman–Crippen LogP) is 2.99. The number of nitrogens with one attached hydrogen (secondary N) is 1. The molecular weight excluding hydrogens is 381 g/mol. The zero-order chi connectivity index (χ0) is 13.9. The lowest BCUT2D eigenvalue weighted by Crippen LogP contribution is -2.32. The fourth-order valence-corrected chi connectivity index (χ4v) is 2.44. The summed E-state index contributed by atoms with van der Waals surface area (Å²) in [5.41, 5.74) is 6.83. The number of benzene rings is 1. The van der Waals surface area contributed by atoms with Gasteiger partial charge < -0.3 is 20.5 Å². The van der Waals surface area contributed by atoms with Crippen LogP contribution in [0.25, 0.3) is 0 Å². The second-order valence-corrected chi connectivity index (χ2v) is 5.47. The summed E-state index contributed by atoms with van der Waals surface area (Å²) in [6, 6.07) is 6.11. The van der Waals surface area contributed by atoms with Crippen molar-refractivity contribution in [3.8, 4) is 11.5 Å². The van der Waals surface area contributed by atoms with Gasteiger partial charge in [0, 0.05) is 18.2 Å². The number of anilines is 1. The van der Waals surface area contributed by atoms with Crippen LogP contribution in [0.15, 0.2) is 23.2 Å². The largest absolute Gasteiger partial charge is 0.490 e. The maximum absolute atomic E-state index is 5.95. The number of nitrogens with two attached hydrogens (primary N) is 1. The summed E-state index contributed by atoms with van der Waals surface area (Å²) in [5, 5.41) is 3.12. The highest BCUT2D eigenvalue weighted by Gasteiger charge is 2.26. The summed E-state index contributed by atoms with van der Waals surface area (Å²) in [7, 11) is 0. The fraction of sp³-hybridized carbons (Fsp3) is 0.533. The molecule has 0 amide bonds. The number of fused-ring (bicyclic) bond motifs is 1. The average Bonchev–Trinajstić information content (AvgIpc) is 2.68. The first-order valence-corrected chi connectivity index (χ1v) is 7.22. The monoisotopic (exact) mass is 403 g/mol. The van der Waals surface area contributed by atoms with E-state index in [-0.39, 0.29) is 24.0 Å². The molecule has 1 aliphatic carbocycles. The van der Waals surface area contributed by atoms with Gasteiger partial charge in [-0.15, -0.1) is 24.0 Å². The Kier molecular flexibility index (Phi) is 5.55. The number of hydrogen-bond acceptors (Lipinski definition) is 3. The first-order chi connectivity index (χ1) is 9.72. The van der Waals surface area contributed by atoms with Crippen molar-refractivity contribution in [3.63, 3.8) is 0 Å². The Morgan fingerprint density at radius 1 is 1.24 bits per heavy atom. The minimum atomic E-state index is 0. The van der Waals surface area contributed by atoms with Crippen molar-refractivity contribution >= 4 is 35.6 Å². The van der Waals surface area contributed by atoms with Gasteiger partial charge in [0.15, 0.2) is 17.5 Å². The van der Waals surface area contributed by atoms with Gasteiger partial charge in [-0.2, -0.15) is 0 Å². The molecule has 0 radical (unpaired) electrons. The van der Waals surface area contributed by atoms with Crippen molar-refractivity contribution < 1.29 is 9.47 Å². The van der Waals surface area contributed by atoms with E-state index in [0.717, 1.165) is 30.0 Å². The lowest BCUT2D eigenvalue weighted by molar-refractivity contribution is 0.284. The molecular formula is C15H22IN3O2. The molecule has 21 heavy (non-hydrogen) atoms. The predicted molar refractivity (Wildman–Crippen MR) is 94.9 cm³/mol. The summed E-state index contributed by atoms with van der Waals surface area (Å²) in [6.45, 7) is 3.58. The second kappa shape index (κ2) is 7.20. The molecule has 3 N–H and O–H groups in total. The van der Waals surface area contributed by atoms with Crippen molar-refractivity contribution in [1.82, 2.24) is 0 Å². The number of aliphatic imine (C=N–C) groups is 1. The highest BCUT2D eigenvalue weighted by molar-refractivity contribution is 14.0. The molecule has 2 atom stereocenters. The molecule has 1 aromatic carbocycles. The smallest absolute Gasteiger partial charge is 0.193 e. The van der Waals surface area contributed by atoms with Gasteiger partial charge >= 0.3 is 0 Å². The van der Waals surface area contributed by atoms with Crippen LogP contribution in [-0.2, 0) is 0 Å². The number of guanidine groups is 1. The Bertz CT molecular complexity index is 522. The Hall–Kier alpha value is -1.18. The second-order valence-electron chi connectivity index (χ2n) is 5.47. The molecule has 0 saturated heterocycles. The van der Waals surface area contributed by atoms with E-state index in [4.69, 9.17) is 15.2 Å². The molecule has 1 heterocycles. The fourth-order valence-electron chi connectivity index (χ4n) is 2.44. The van der Waals surface area contributed by atoms with Crippen LogP contribution in [0, 0.1) is 5.92 Å². The van der Waals surface area contributed by atoms with Crippen LogP contribution >= 0.6 is 24.0 Å². The SMILES string of the molecule is CC1CCC1N=C(N)Nc1ccc2c(c1)OCCCO2.I. The van der Waals surface area contributed by atoms with Crippen molar-refractivity contribution in [2.24, 2.45) is 16.6 Å². The molecule has 0 spiro atoms. The van der Waals surface area contributed by atoms with Gasteiger partial charge in [0.2, 0.25) is 0 Å². The topological polar surface area (TPSA) is 68.9 Å². The van der Waals surface area contributed by atoms with E-state index in [1.54, 1.807) is 0 Å². The summed E-state index contributed by atoms with van der Waals surface area (Å²) in [6.07, 6.45) is 3.27. The van der Waals surface area contributed by atoms with Crippen molar-refractivity contribution in [1.29, 1.82) is 0 Å². The third kappa shape index (κ3) is 3.93. The molecule has 116 valence electrons. The molecule has 1 saturated carbocycles. The van der Waals surface area contributed by atoms with Gasteiger partial charge in [0.1, 0.15) is 0 Å². The molecule has 1 aromatic rings. The Morgan fingerprint density at radius 3 is 2.67 bits per heavy atom. The minimum Gasteiger partial charge on any atom is -0.490 e. The quantitative estimate of drug-likeness (QED) is 0.453. The normalized spacial score (nSPS) is 24.3. The lowest BCUT2D eigenvalue weighted by atomic mass is 9.82. The van der Waals surface area contributed by atoms with Gasteiger partial charge in [0.05, 0.1) is 19.3 Å². The third-order valence-electron chi connectivity index (χ3n) is 3.90. The van der Waals surface area contributed by atoms with E-state index in [1.165, 1.54) is 6.42 Å². The van der Waals surface area contributed by atoms with Crippen LogP contribution in [0.2, 0.25) is 0 Å². The van der Waals surface area contributed by atoms with Crippen LogP contribution in [0.5, 0.6) is 11.5 Å². The summed E-state index contributed by atoms with van der Waals surface area (Å²) in [5.74, 6) is 2.66. The summed E-state index contributed by atoms with van der Waals surface area (Å²) >= 11 is 0. The number of rotatable bonds is 2. The maximum atomic E-state index is 5.95. The zero-order valence-corrected chi connectivity index (χ0v) is 14.5. The number of halogens is 1. The number of ether oxygens (including phenoxy) is 2. The average molecular weight is 403 g/mol. The highest BCUT2D eigenvalue weighted by Crippen LogP contribution is 2.32. The van der Waals surface area contributed by atoms with E-state index in [0.29, 0.717) is 31.1 Å². The third-order valence-corrected chi connectivity index (χ3v) is 3.90. The molecule has 1 fully saturated rings. The molecule has 3 rings (SSSR count). The summed E-state index contributed by atoms with van der Waals surface area (Å²) < 4.78 is 11.3. The highest BCUT2D eigenvalue weighted by atomic mass is 127. The molecule has 2 aliphatic rings. The van der Waals surface area contributed by atoms with Gasteiger partial charge in [-0.3, -0.25) is 0 Å². The van der Waals surface area contributed by atoms with Gasteiger partial charge in [-0.1, -0.05) is 6.92 Å². The molecule has 0 bridgehead atoms. The number of hydrogen-bond donors (Lipinski definition) is 2. The van der Waals surface area contributed by atoms with Crippen LogP contribution in [0.4, 0.5) is 5.69 Å². The van der Waals surface area contributed by atoms with Gasteiger partial charge in [-0.05, 0) is 30.9 Å². The molecule has 6 heteroatoms. The number of nitrogens with zero attached hydrogens (tertiary/aromatic N) is 1. The molecule has 5 nitrogen and oxygen atoms in total. The van der Waals surface area contributed by atoms with Crippen molar-refractivity contribution in [2.75, 3.05) is 18.5 Å². The van der Waals surface area contributed by atoms with Crippen LogP contribution < -0.4 is 20.5 Å². The Balaban J connectivity index is 0.00000161.